The first kappa shape index (κ1) is 22.1. The van der Waals surface area contributed by atoms with E-state index in [2.05, 4.69) is 126 Å². The van der Waals surface area contributed by atoms with Gasteiger partial charge in [0.25, 0.3) is 0 Å². The van der Waals surface area contributed by atoms with E-state index < -0.39 is 0 Å². The Morgan fingerprint density at radius 3 is 1.83 bits per heavy atom. The average Bonchev–Trinajstić information content (AvgIpc) is 2.95. The fourth-order valence-corrected chi connectivity index (χ4v) is 4.21. The normalized spacial score (nSPS) is 10.5. The number of anilines is 2. The second kappa shape index (κ2) is 10.1. The van der Waals surface area contributed by atoms with Gasteiger partial charge in [-0.15, -0.1) is 0 Å². The molecule has 0 unspecified atom stereocenters. The molecule has 1 heterocycles. The van der Waals surface area contributed by atoms with E-state index in [-0.39, 0.29) is 0 Å². The van der Waals surface area contributed by atoms with Crippen LogP contribution >= 0.6 is 0 Å². The van der Waals surface area contributed by atoms with Crippen molar-refractivity contribution < 1.29 is 0 Å². The van der Waals surface area contributed by atoms with Gasteiger partial charge in [0.15, 0.2) is 0 Å². The van der Waals surface area contributed by atoms with E-state index in [0.717, 1.165) is 33.9 Å². The van der Waals surface area contributed by atoms with Crippen molar-refractivity contribution >= 4 is 11.4 Å². The Morgan fingerprint density at radius 1 is 0.571 bits per heavy atom. The predicted octanol–water partition coefficient (Wildman–Crippen LogP) is 8.92. The van der Waals surface area contributed by atoms with Crippen LogP contribution in [0.25, 0.3) is 33.5 Å². The quantitative estimate of drug-likeness (QED) is 0.230. The largest absolute Gasteiger partial charge is 0.311 e. The van der Waals surface area contributed by atoms with Gasteiger partial charge in [-0.1, -0.05) is 98.1 Å². The van der Waals surface area contributed by atoms with Gasteiger partial charge in [-0.3, -0.25) is 4.98 Å². The first-order valence-electron chi connectivity index (χ1n) is 11.6. The molecular formula is C33H26N2. The molecule has 0 aliphatic rings. The predicted molar refractivity (Wildman–Crippen MR) is 148 cm³/mol. The summed E-state index contributed by atoms with van der Waals surface area (Å²) in [6.45, 7) is 8.23. The number of pyridine rings is 1. The average molecular weight is 451 g/mol. The maximum Gasteiger partial charge on any atom is 0.0708 e. The fourth-order valence-electron chi connectivity index (χ4n) is 4.21. The second-order valence-corrected chi connectivity index (χ2v) is 8.29. The Morgan fingerprint density at radius 2 is 1.17 bits per heavy atom. The van der Waals surface area contributed by atoms with E-state index in [1.807, 2.05) is 24.4 Å². The number of benzene rings is 4. The summed E-state index contributed by atoms with van der Waals surface area (Å²) in [6, 6.07) is 41.9. The molecule has 0 spiro atoms. The molecule has 2 heteroatoms. The Hall–Kier alpha value is -4.69. The molecule has 0 radical (unpaired) electrons. The topological polar surface area (TPSA) is 16.1 Å². The lowest BCUT2D eigenvalue weighted by atomic mass is 10.0. The molecule has 168 valence electrons. The van der Waals surface area contributed by atoms with Gasteiger partial charge in [-0.2, -0.15) is 0 Å². The molecule has 0 amide bonds. The minimum absolute atomic E-state index is 0.806. The summed E-state index contributed by atoms with van der Waals surface area (Å²) in [5.74, 6) is 0. The number of allylic oxidation sites excluding steroid dienone is 1. The van der Waals surface area contributed by atoms with E-state index >= 15 is 0 Å². The van der Waals surface area contributed by atoms with Crippen LogP contribution in [0.2, 0.25) is 0 Å². The fraction of sp³-hybridized carbons (Fsp3) is 0. The summed E-state index contributed by atoms with van der Waals surface area (Å²) in [6.07, 6.45) is 3.65. The molecule has 0 saturated heterocycles. The molecule has 0 saturated carbocycles. The highest BCUT2D eigenvalue weighted by Gasteiger charge is 2.13. The summed E-state index contributed by atoms with van der Waals surface area (Å²) in [5.41, 5.74) is 9.50. The van der Waals surface area contributed by atoms with Crippen molar-refractivity contribution in [2.75, 3.05) is 4.90 Å². The molecule has 0 atom stereocenters. The van der Waals surface area contributed by atoms with Gasteiger partial charge in [0, 0.05) is 28.8 Å². The Bertz CT molecular complexity index is 1450. The third kappa shape index (κ3) is 4.83. The summed E-state index contributed by atoms with van der Waals surface area (Å²) in [7, 11) is 0. The Labute approximate surface area is 207 Å². The van der Waals surface area contributed by atoms with Crippen LogP contribution in [-0.4, -0.2) is 4.98 Å². The van der Waals surface area contributed by atoms with E-state index in [1.54, 1.807) is 6.08 Å². The molecule has 5 aromatic rings. The van der Waals surface area contributed by atoms with E-state index in [4.69, 9.17) is 0 Å². The standard InChI is InChI=1S/C33H26N2/c1-3-25(2)35(31-19-17-28(18-20-31)26-11-6-4-7-12-26)32-16-10-15-30(23-32)33-24-29(21-22-34-33)27-13-8-5-9-14-27/h3-24H,1-2H2. The molecule has 4 aromatic carbocycles. The highest BCUT2D eigenvalue weighted by molar-refractivity contribution is 5.77. The number of hydrogen-bond donors (Lipinski definition) is 0. The van der Waals surface area contributed by atoms with Gasteiger partial charge in [0.05, 0.1) is 5.69 Å². The zero-order chi connectivity index (χ0) is 24.0. The van der Waals surface area contributed by atoms with Gasteiger partial charge in [0.2, 0.25) is 0 Å². The van der Waals surface area contributed by atoms with Crippen LogP contribution in [0, 0.1) is 0 Å². The van der Waals surface area contributed by atoms with Crippen LogP contribution in [0.15, 0.2) is 152 Å². The highest BCUT2D eigenvalue weighted by atomic mass is 15.1. The van der Waals surface area contributed by atoms with E-state index in [9.17, 15) is 0 Å². The number of hydrogen-bond acceptors (Lipinski definition) is 2. The van der Waals surface area contributed by atoms with Crippen molar-refractivity contribution in [2.45, 2.75) is 0 Å². The molecular weight excluding hydrogens is 424 g/mol. The van der Waals surface area contributed by atoms with E-state index in [1.165, 1.54) is 16.7 Å². The van der Waals surface area contributed by atoms with Crippen LogP contribution < -0.4 is 4.90 Å². The Kier molecular flexibility index (Phi) is 6.36. The number of rotatable bonds is 7. The zero-order valence-electron chi connectivity index (χ0n) is 19.5. The van der Waals surface area contributed by atoms with Crippen molar-refractivity contribution in [1.82, 2.24) is 4.98 Å². The van der Waals surface area contributed by atoms with Crippen LogP contribution in [0.4, 0.5) is 11.4 Å². The Balaban J connectivity index is 1.51. The van der Waals surface area contributed by atoms with Crippen molar-refractivity contribution in [1.29, 1.82) is 0 Å². The monoisotopic (exact) mass is 450 g/mol. The number of aromatic nitrogens is 1. The lowest BCUT2D eigenvalue weighted by Gasteiger charge is -2.26. The molecule has 0 aliphatic heterocycles. The maximum atomic E-state index is 4.66. The van der Waals surface area contributed by atoms with Crippen molar-refractivity contribution in [3.63, 3.8) is 0 Å². The maximum absolute atomic E-state index is 4.66. The van der Waals surface area contributed by atoms with E-state index in [0.29, 0.717) is 0 Å². The molecule has 35 heavy (non-hydrogen) atoms. The minimum Gasteiger partial charge on any atom is -0.311 e. The van der Waals surface area contributed by atoms with Crippen molar-refractivity contribution in [3.8, 4) is 33.5 Å². The molecule has 2 nitrogen and oxygen atoms in total. The highest BCUT2D eigenvalue weighted by Crippen LogP contribution is 2.34. The molecule has 5 rings (SSSR count). The van der Waals surface area contributed by atoms with Crippen LogP contribution in [0.5, 0.6) is 0 Å². The van der Waals surface area contributed by atoms with Gasteiger partial charge in [-0.25, -0.2) is 0 Å². The molecule has 0 fully saturated rings. The zero-order valence-corrected chi connectivity index (χ0v) is 19.5. The molecule has 0 N–H and O–H groups in total. The summed E-state index contributed by atoms with van der Waals surface area (Å²) in [4.78, 5) is 6.77. The molecule has 0 bridgehead atoms. The van der Waals surface area contributed by atoms with Crippen LogP contribution in [0.3, 0.4) is 0 Å². The third-order valence-electron chi connectivity index (χ3n) is 6.02. The van der Waals surface area contributed by atoms with Gasteiger partial charge >= 0.3 is 0 Å². The lowest BCUT2D eigenvalue weighted by Crippen LogP contribution is -2.14. The summed E-state index contributed by atoms with van der Waals surface area (Å²) < 4.78 is 0. The van der Waals surface area contributed by atoms with Crippen molar-refractivity contribution in [3.05, 3.63) is 152 Å². The second-order valence-electron chi connectivity index (χ2n) is 8.29. The first-order chi connectivity index (χ1) is 17.2. The van der Waals surface area contributed by atoms with Gasteiger partial charge in [-0.05, 0) is 64.7 Å². The molecule has 1 aromatic heterocycles. The summed E-state index contributed by atoms with van der Waals surface area (Å²) in [5, 5.41) is 0. The summed E-state index contributed by atoms with van der Waals surface area (Å²) >= 11 is 0. The third-order valence-corrected chi connectivity index (χ3v) is 6.02. The van der Waals surface area contributed by atoms with Crippen LogP contribution in [-0.2, 0) is 0 Å². The lowest BCUT2D eigenvalue weighted by molar-refractivity contribution is 1.22. The van der Waals surface area contributed by atoms with Crippen LogP contribution in [0.1, 0.15) is 0 Å². The minimum atomic E-state index is 0.806. The first-order valence-corrected chi connectivity index (χ1v) is 11.6. The van der Waals surface area contributed by atoms with Gasteiger partial charge in [0.1, 0.15) is 0 Å². The molecule has 0 aliphatic carbocycles. The SMILES string of the molecule is C=CC(=C)N(c1ccc(-c2ccccc2)cc1)c1cccc(-c2cc(-c3ccccc3)ccn2)c1. The van der Waals surface area contributed by atoms with Crippen molar-refractivity contribution in [2.24, 2.45) is 0 Å². The smallest absolute Gasteiger partial charge is 0.0708 e. The number of nitrogens with zero attached hydrogens (tertiary/aromatic N) is 2. The van der Waals surface area contributed by atoms with Gasteiger partial charge < -0.3 is 4.90 Å².